The molecule has 1 fully saturated rings. The Morgan fingerprint density at radius 2 is 2.13 bits per heavy atom. The van der Waals surface area contributed by atoms with Crippen LogP contribution in [0, 0.1) is 5.92 Å². The molecule has 1 aliphatic heterocycles. The van der Waals surface area contributed by atoms with Gasteiger partial charge in [-0.1, -0.05) is 0 Å². The van der Waals surface area contributed by atoms with Crippen LogP contribution in [0.5, 0.6) is 0 Å². The Morgan fingerprint density at radius 1 is 1.47 bits per heavy atom. The molecule has 1 atom stereocenters. The molecule has 4 nitrogen and oxygen atoms in total. The van der Waals surface area contributed by atoms with Crippen LogP contribution in [0.4, 0.5) is 0 Å². The standard InChI is InChI=1S/C11H24N2O2/c1-12-11(8-14)7-13-5-3-10(4-6-13)9-15-2/h10-12,14H,3-9H2,1-2H3. The maximum absolute atomic E-state index is 9.08. The zero-order valence-electron chi connectivity index (χ0n) is 9.91. The van der Waals surface area contributed by atoms with E-state index in [-0.39, 0.29) is 12.6 Å². The molecule has 0 aliphatic carbocycles. The molecule has 0 spiro atoms. The fourth-order valence-electron chi connectivity index (χ4n) is 2.12. The summed E-state index contributed by atoms with van der Waals surface area (Å²) < 4.78 is 5.17. The Labute approximate surface area is 92.6 Å². The molecular formula is C11H24N2O2. The number of ether oxygens (including phenoxy) is 1. The molecule has 0 bridgehead atoms. The molecule has 2 N–H and O–H groups in total. The van der Waals surface area contributed by atoms with Gasteiger partial charge in [0.25, 0.3) is 0 Å². The summed E-state index contributed by atoms with van der Waals surface area (Å²) in [6.07, 6.45) is 2.44. The second-order valence-electron chi connectivity index (χ2n) is 4.37. The molecule has 0 aromatic carbocycles. The van der Waals surface area contributed by atoms with E-state index >= 15 is 0 Å². The molecule has 0 aromatic rings. The van der Waals surface area contributed by atoms with Crippen LogP contribution in [0.15, 0.2) is 0 Å². The minimum absolute atomic E-state index is 0.212. The summed E-state index contributed by atoms with van der Waals surface area (Å²) >= 11 is 0. The molecule has 1 unspecified atom stereocenters. The van der Waals surface area contributed by atoms with Crippen molar-refractivity contribution in [2.75, 3.05) is 47.0 Å². The van der Waals surface area contributed by atoms with E-state index in [2.05, 4.69) is 10.2 Å². The van der Waals surface area contributed by atoms with Crippen molar-refractivity contribution in [1.82, 2.24) is 10.2 Å². The van der Waals surface area contributed by atoms with Gasteiger partial charge in [-0.25, -0.2) is 0 Å². The topological polar surface area (TPSA) is 44.7 Å². The first kappa shape index (κ1) is 12.9. The molecule has 4 heteroatoms. The lowest BCUT2D eigenvalue weighted by Gasteiger charge is -2.33. The SMILES string of the molecule is CNC(CO)CN1CCC(COC)CC1. The van der Waals surface area contributed by atoms with Gasteiger partial charge in [-0.3, -0.25) is 0 Å². The van der Waals surface area contributed by atoms with Crippen LogP contribution in [-0.4, -0.2) is 63.1 Å². The number of nitrogens with zero attached hydrogens (tertiary/aromatic N) is 1. The van der Waals surface area contributed by atoms with E-state index in [1.54, 1.807) is 7.11 Å². The highest BCUT2D eigenvalue weighted by Gasteiger charge is 2.20. The lowest BCUT2D eigenvalue weighted by atomic mass is 9.97. The Kier molecular flexibility index (Phi) is 6.17. The predicted molar refractivity (Wildman–Crippen MR) is 61.0 cm³/mol. The number of piperidine rings is 1. The normalized spacial score (nSPS) is 21.8. The van der Waals surface area contributed by atoms with Gasteiger partial charge in [-0.15, -0.1) is 0 Å². The number of aliphatic hydroxyl groups is 1. The minimum Gasteiger partial charge on any atom is -0.395 e. The van der Waals surface area contributed by atoms with Crippen LogP contribution in [0.2, 0.25) is 0 Å². The predicted octanol–water partition coefficient (Wildman–Crippen LogP) is -0.0749. The van der Waals surface area contributed by atoms with Crippen LogP contribution in [-0.2, 0) is 4.74 Å². The first-order valence-electron chi connectivity index (χ1n) is 5.79. The average molecular weight is 216 g/mol. The van der Waals surface area contributed by atoms with Crippen LogP contribution in [0.25, 0.3) is 0 Å². The highest BCUT2D eigenvalue weighted by Crippen LogP contribution is 2.17. The average Bonchev–Trinajstić information content (AvgIpc) is 2.28. The Hall–Kier alpha value is -0.160. The van der Waals surface area contributed by atoms with Gasteiger partial charge in [0, 0.05) is 26.3 Å². The number of rotatable bonds is 6. The summed E-state index contributed by atoms with van der Waals surface area (Å²) in [4.78, 5) is 2.42. The summed E-state index contributed by atoms with van der Waals surface area (Å²) in [6, 6.07) is 0.212. The molecule has 1 saturated heterocycles. The number of methoxy groups -OCH3 is 1. The van der Waals surface area contributed by atoms with Crippen molar-refractivity contribution >= 4 is 0 Å². The lowest BCUT2D eigenvalue weighted by Crippen LogP contribution is -2.45. The summed E-state index contributed by atoms with van der Waals surface area (Å²) in [7, 11) is 3.67. The molecule has 0 saturated carbocycles. The third kappa shape index (κ3) is 4.47. The van der Waals surface area contributed by atoms with Gasteiger partial charge in [0.15, 0.2) is 0 Å². The highest BCUT2D eigenvalue weighted by atomic mass is 16.5. The van der Waals surface area contributed by atoms with Crippen LogP contribution in [0.3, 0.4) is 0 Å². The zero-order valence-corrected chi connectivity index (χ0v) is 9.91. The van der Waals surface area contributed by atoms with E-state index in [0.29, 0.717) is 0 Å². The second-order valence-corrected chi connectivity index (χ2v) is 4.37. The molecule has 0 amide bonds. The molecular weight excluding hydrogens is 192 g/mol. The van der Waals surface area contributed by atoms with Crippen LogP contribution in [0.1, 0.15) is 12.8 Å². The fourth-order valence-corrected chi connectivity index (χ4v) is 2.12. The monoisotopic (exact) mass is 216 g/mol. The van der Waals surface area contributed by atoms with E-state index in [1.165, 1.54) is 12.8 Å². The van der Waals surface area contributed by atoms with Crippen molar-refractivity contribution in [3.8, 4) is 0 Å². The van der Waals surface area contributed by atoms with Crippen LogP contribution < -0.4 is 5.32 Å². The quantitative estimate of drug-likeness (QED) is 0.652. The zero-order chi connectivity index (χ0) is 11.1. The lowest BCUT2D eigenvalue weighted by molar-refractivity contribution is 0.0904. The summed E-state index contributed by atoms with van der Waals surface area (Å²) in [5.74, 6) is 0.730. The number of hydrogen-bond donors (Lipinski definition) is 2. The molecule has 15 heavy (non-hydrogen) atoms. The van der Waals surface area contributed by atoms with Crippen molar-refractivity contribution < 1.29 is 9.84 Å². The van der Waals surface area contributed by atoms with Crippen molar-refractivity contribution in [2.24, 2.45) is 5.92 Å². The fraction of sp³-hybridized carbons (Fsp3) is 1.00. The molecule has 1 aliphatic rings. The maximum Gasteiger partial charge on any atom is 0.0597 e. The van der Waals surface area contributed by atoms with Gasteiger partial charge in [0.05, 0.1) is 6.61 Å². The smallest absolute Gasteiger partial charge is 0.0597 e. The molecule has 0 aromatic heterocycles. The number of likely N-dealkylation sites (tertiary alicyclic amines) is 1. The minimum atomic E-state index is 0.212. The summed E-state index contributed by atoms with van der Waals surface area (Å²) in [6.45, 7) is 4.32. The van der Waals surface area contributed by atoms with Crippen molar-refractivity contribution in [3.05, 3.63) is 0 Å². The molecule has 90 valence electrons. The Balaban J connectivity index is 2.19. The van der Waals surface area contributed by atoms with E-state index in [9.17, 15) is 0 Å². The van der Waals surface area contributed by atoms with E-state index < -0.39 is 0 Å². The number of likely N-dealkylation sites (N-methyl/N-ethyl adjacent to an activating group) is 1. The van der Waals surface area contributed by atoms with Gasteiger partial charge >= 0.3 is 0 Å². The van der Waals surface area contributed by atoms with E-state index in [4.69, 9.17) is 9.84 Å². The molecule has 1 rings (SSSR count). The maximum atomic E-state index is 9.08. The summed E-state index contributed by atoms with van der Waals surface area (Å²) in [5, 5.41) is 12.2. The van der Waals surface area contributed by atoms with Crippen molar-refractivity contribution in [1.29, 1.82) is 0 Å². The van der Waals surface area contributed by atoms with Gasteiger partial charge in [-0.2, -0.15) is 0 Å². The van der Waals surface area contributed by atoms with Gasteiger partial charge in [0.1, 0.15) is 0 Å². The molecule has 1 heterocycles. The highest BCUT2D eigenvalue weighted by molar-refractivity contribution is 4.76. The van der Waals surface area contributed by atoms with Gasteiger partial charge < -0.3 is 20.1 Å². The van der Waals surface area contributed by atoms with Gasteiger partial charge in [0.2, 0.25) is 0 Å². The largest absolute Gasteiger partial charge is 0.395 e. The van der Waals surface area contributed by atoms with Crippen molar-refractivity contribution in [2.45, 2.75) is 18.9 Å². The van der Waals surface area contributed by atoms with Crippen molar-refractivity contribution in [3.63, 3.8) is 0 Å². The number of nitrogens with one attached hydrogen (secondary N) is 1. The Bertz CT molecular complexity index is 155. The number of aliphatic hydroxyl groups excluding tert-OH is 1. The van der Waals surface area contributed by atoms with Gasteiger partial charge in [-0.05, 0) is 38.9 Å². The number of hydrogen-bond acceptors (Lipinski definition) is 4. The third-order valence-corrected chi connectivity index (χ3v) is 3.22. The first-order chi connectivity index (χ1) is 7.30. The second kappa shape index (κ2) is 7.17. The first-order valence-corrected chi connectivity index (χ1v) is 5.79. The van der Waals surface area contributed by atoms with Crippen LogP contribution >= 0.6 is 0 Å². The van der Waals surface area contributed by atoms with E-state index in [1.807, 2.05) is 7.05 Å². The third-order valence-electron chi connectivity index (χ3n) is 3.22. The Morgan fingerprint density at radius 3 is 2.60 bits per heavy atom. The molecule has 0 radical (unpaired) electrons. The summed E-state index contributed by atoms with van der Waals surface area (Å²) in [5.41, 5.74) is 0. The van der Waals surface area contributed by atoms with E-state index in [0.717, 1.165) is 32.2 Å².